The number of hydrogen-bond acceptors (Lipinski definition) is 4. The van der Waals surface area contributed by atoms with Crippen LogP contribution in [-0.2, 0) is 16.0 Å². The maximum absolute atomic E-state index is 6.28. The Bertz CT molecular complexity index is 623. The molecule has 1 saturated heterocycles. The van der Waals surface area contributed by atoms with Gasteiger partial charge in [-0.1, -0.05) is 12.1 Å². The van der Waals surface area contributed by atoms with Gasteiger partial charge in [-0.3, -0.25) is 4.99 Å². The number of aryl methyl sites for hydroxylation is 1. The zero-order valence-corrected chi connectivity index (χ0v) is 17.3. The van der Waals surface area contributed by atoms with Crippen molar-refractivity contribution in [3.8, 4) is 5.75 Å². The topological polar surface area (TPSA) is 64.1 Å². The third-order valence-corrected chi connectivity index (χ3v) is 5.35. The number of ether oxygens (including phenoxy) is 3. The minimum absolute atomic E-state index is 0.275. The van der Waals surface area contributed by atoms with Crippen LogP contribution in [0.3, 0.4) is 0 Å². The van der Waals surface area contributed by atoms with Crippen LogP contribution < -0.4 is 15.4 Å². The molecule has 0 bridgehead atoms. The Morgan fingerprint density at radius 2 is 2.04 bits per heavy atom. The van der Waals surface area contributed by atoms with Gasteiger partial charge in [0, 0.05) is 32.3 Å². The zero-order valence-electron chi connectivity index (χ0n) is 17.3. The van der Waals surface area contributed by atoms with Crippen molar-refractivity contribution >= 4 is 5.96 Å². The Labute approximate surface area is 169 Å². The normalized spacial score (nSPS) is 20.5. The number of nitrogens with one attached hydrogen (secondary N) is 2. The molecule has 1 aliphatic heterocycles. The number of hydrogen-bond donors (Lipinski definition) is 2. The van der Waals surface area contributed by atoms with Gasteiger partial charge in [0.1, 0.15) is 5.75 Å². The molecule has 0 spiro atoms. The number of rotatable bonds is 9. The van der Waals surface area contributed by atoms with E-state index in [1.54, 1.807) is 7.05 Å². The molecule has 1 aromatic carbocycles. The van der Waals surface area contributed by atoms with Crippen molar-refractivity contribution in [2.75, 3.05) is 33.4 Å². The van der Waals surface area contributed by atoms with Crippen molar-refractivity contribution in [3.63, 3.8) is 0 Å². The lowest BCUT2D eigenvalue weighted by Gasteiger charge is -2.18. The van der Waals surface area contributed by atoms with E-state index >= 15 is 0 Å². The summed E-state index contributed by atoms with van der Waals surface area (Å²) in [6.45, 7) is 5.69. The van der Waals surface area contributed by atoms with Gasteiger partial charge >= 0.3 is 0 Å². The molecule has 1 aliphatic carbocycles. The van der Waals surface area contributed by atoms with E-state index in [0.29, 0.717) is 32.4 Å². The summed E-state index contributed by atoms with van der Waals surface area (Å²) in [6.07, 6.45) is 7.76. The van der Waals surface area contributed by atoms with Gasteiger partial charge in [-0.2, -0.15) is 0 Å². The van der Waals surface area contributed by atoms with Gasteiger partial charge in [-0.25, -0.2) is 0 Å². The van der Waals surface area contributed by atoms with Crippen molar-refractivity contribution in [3.05, 3.63) is 29.3 Å². The number of guanidine groups is 1. The Kier molecular flexibility index (Phi) is 8.42. The fourth-order valence-electron chi connectivity index (χ4n) is 3.74. The Balaban J connectivity index is 1.41. The van der Waals surface area contributed by atoms with E-state index in [4.69, 9.17) is 14.2 Å². The zero-order chi connectivity index (χ0) is 19.6. The average molecular weight is 390 g/mol. The van der Waals surface area contributed by atoms with Gasteiger partial charge in [0.05, 0.1) is 25.4 Å². The van der Waals surface area contributed by atoms with Gasteiger partial charge in [0.2, 0.25) is 0 Å². The molecule has 0 aromatic heterocycles. The lowest BCUT2D eigenvalue weighted by Crippen LogP contribution is -2.38. The van der Waals surface area contributed by atoms with Crippen LogP contribution in [0.15, 0.2) is 23.2 Å². The van der Waals surface area contributed by atoms with Crippen LogP contribution in [0.1, 0.15) is 49.7 Å². The highest BCUT2D eigenvalue weighted by atomic mass is 16.5. The summed E-state index contributed by atoms with van der Waals surface area (Å²) < 4.78 is 17.5. The van der Waals surface area contributed by atoms with Crippen LogP contribution in [-0.4, -0.2) is 51.6 Å². The molecular weight excluding hydrogens is 354 g/mol. The molecule has 0 amide bonds. The Morgan fingerprint density at radius 3 is 2.79 bits per heavy atom. The van der Waals surface area contributed by atoms with Crippen molar-refractivity contribution in [2.24, 2.45) is 4.99 Å². The SMILES string of the molecule is CN=C(NCCOCC1CCCO1)NCc1ccc(C)cc1OC1CCCC1. The summed E-state index contributed by atoms with van der Waals surface area (Å²) in [7, 11) is 1.79. The van der Waals surface area contributed by atoms with E-state index in [-0.39, 0.29) is 6.10 Å². The van der Waals surface area contributed by atoms with E-state index in [2.05, 4.69) is 40.7 Å². The molecule has 2 aliphatic rings. The molecule has 1 aromatic rings. The largest absolute Gasteiger partial charge is 0.490 e. The fourth-order valence-corrected chi connectivity index (χ4v) is 3.74. The maximum atomic E-state index is 6.28. The third-order valence-electron chi connectivity index (χ3n) is 5.35. The minimum Gasteiger partial charge on any atom is -0.490 e. The average Bonchev–Trinajstić information content (AvgIpc) is 3.39. The van der Waals surface area contributed by atoms with Crippen LogP contribution >= 0.6 is 0 Å². The molecule has 2 fully saturated rings. The number of aliphatic imine (C=N–C) groups is 1. The molecule has 1 unspecified atom stereocenters. The first-order chi connectivity index (χ1) is 13.7. The van der Waals surface area contributed by atoms with E-state index < -0.39 is 0 Å². The highest BCUT2D eigenvalue weighted by Crippen LogP contribution is 2.27. The molecule has 3 rings (SSSR count). The van der Waals surface area contributed by atoms with Gasteiger partial charge < -0.3 is 24.8 Å². The smallest absolute Gasteiger partial charge is 0.191 e. The first-order valence-corrected chi connectivity index (χ1v) is 10.6. The van der Waals surface area contributed by atoms with Crippen LogP contribution in [0.2, 0.25) is 0 Å². The predicted molar refractivity (Wildman–Crippen MR) is 112 cm³/mol. The van der Waals surface area contributed by atoms with Gasteiger partial charge in [-0.05, 0) is 57.1 Å². The Hall–Kier alpha value is -1.79. The van der Waals surface area contributed by atoms with E-state index in [1.165, 1.54) is 18.4 Å². The summed E-state index contributed by atoms with van der Waals surface area (Å²) in [5, 5.41) is 6.68. The molecule has 6 heteroatoms. The molecule has 1 heterocycles. The first-order valence-electron chi connectivity index (χ1n) is 10.6. The fraction of sp³-hybridized carbons (Fsp3) is 0.682. The molecule has 0 radical (unpaired) electrons. The molecule has 156 valence electrons. The lowest BCUT2D eigenvalue weighted by molar-refractivity contribution is 0.0191. The summed E-state index contributed by atoms with van der Waals surface area (Å²) in [6, 6.07) is 6.42. The summed E-state index contributed by atoms with van der Waals surface area (Å²) in [5.74, 6) is 1.77. The van der Waals surface area contributed by atoms with Crippen molar-refractivity contribution in [2.45, 2.75) is 64.2 Å². The second-order valence-corrected chi connectivity index (χ2v) is 7.70. The molecule has 1 saturated carbocycles. The molecule has 6 nitrogen and oxygen atoms in total. The number of nitrogens with zero attached hydrogens (tertiary/aromatic N) is 1. The van der Waals surface area contributed by atoms with E-state index in [1.807, 2.05) is 0 Å². The maximum Gasteiger partial charge on any atom is 0.191 e. The summed E-state index contributed by atoms with van der Waals surface area (Å²) in [5.41, 5.74) is 2.39. The predicted octanol–water partition coefficient (Wildman–Crippen LogP) is 3.18. The van der Waals surface area contributed by atoms with Crippen LogP contribution in [0.25, 0.3) is 0 Å². The van der Waals surface area contributed by atoms with Crippen molar-refractivity contribution < 1.29 is 14.2 Å². The Morgan fingerprint density at radius 1 is 1.18 bits per heavy atom. The second kappa shape index (κ2) is 11.3. The third kappa shape index (κ3) is 6.67. The highest BCUT2D eigenvalue weighted by Gasteiger charge is 2.18. The lowest BCUT2D eigenvalue weighted by atomic mass is 10.1. The standard InChI is InChI=1S/C22H35N3O3/c1-17-9-10-18(21(14-17)28-19-6-3-4-7-19)15-25-22(23-2)24-11-13-26-16-20-8-5-12-27-20/h9-10,14,19-20H,3-8,11-13,15-16H2,1-2H3,(H2,23,24,25). The van der Waals surface area contributed by atoms with Gasteiger partial charge in [-0.15, -0.1) is 0 Å². The quantitative estimate of drug-likeness (QED) is 0.386. The number of benzene rings is 1. The van der Waals surface area contributed by atoms with Gasteiger partial charge in [0.15, 0.2) is 5.96 Å². The summed E-state index contributed by atoms with van der Waals surface area (Å²) in [4.78, 5) is 4.30. The van der Waals surface area contributed by atoms with E-state index in [9.17, 15) is 0 Å². The van der Waals surface area contributed by atoms with E-state index in [0.717, 1.165) is 49.6 Å². The van der Waals surface area contributed by atoms with Crippen molar-refractivity contribution in [1.82, 2.24) is 10.6 Å². The van der Waals surface area contributed by atoms with Gasteiger partial charge in [0.25, 0.3) is 0 Å². The van der Waals surface area contributed by atoms with Crippen molar-refractivity contribution in [1.29, 1.82) is 0 Å². The monoisotopic (exact) mass is 389 g/mol. The molecular formula is C22H35N3O3. The van der Waals surface area contributed by atoms with Crippen LogP contribution in [0, 0.1) is 6.92 Å². The van der Waals surface area contributed by atoms with Crippen LogP contribution in [0.4, 0.5) is 0 Å². The molecule has 1 atom stereocenters. The molecule has 2 N–H and O–H groups in total. The minimum atomic E-state index is 0.275. The van der Waals surface area contributed by atoms with Crippen LogP contribution in [0.5, 0.6) is 5.75 Å². The highest BCUT2D eigenvalue weighted by molar-refractivity contribution is 5.79. The summed E-state index contributed by atoms with van der Waals surface area (Å²) >= 11 is 0. The molecule has 28 heavy (non-hydrogen) atoms. The second-order valence-electron chi connectivity index (χ2n) is 7.70. The first kappa shape index (κ1) is 20.9.